The molecule has 0 aliphatic rings. The van der Waals surface area contributed by atoms with Gasteiger partial charge in [0.2, 0.25) is 0 Å². The highest BCUT2D eigenvalue weighted by atomic mass is 35.5. The van der Waals surface area contributed by atoms with Crippen LogP contribution in [0.3, 0.4) is 0 Å². The predicted molar refractivity (Wildman–Crippen MR) is 77.4 cm³/mol. The van der Waals surface area contributed by atoms with Crippen molar-refractivity contribution in [2.75, 3.05) is 0 Å². The van der Waals surface area contributed by atoms with Crippen LogP contribution in [0.4, 0.5) is 13.2 Å². The van der Waals surface area contributed by atoms with Gasteiger partial charge in [-0.05, 0) is 24.3 Å². The molecule has 1 aromatic carbocycles. The van der Waals surface area contributed by atoms with E-state index in [0.29, 0.717) is 0 Å². The van der Waals surface area contributed by atoms with Crippen LogP contribution in [0.5, 0.6) is 0 Å². The maximum atomic E-state index is 12.8. The van der Waals surface area contributed by atoms with E-state index in [9.17, 15) is 18.0 Å². The van der Waals surface area contributed by atoms with Gasteiger partial charge in [0, 0.05) is 29.2 Å². The van der Waals surface area contributed by atoms with Crippen molar-refractivity contribution in [2.45, 2.75) is 6.18 Å². The summed E-state index contributed by atoms with van der Waals surface area (Å²) in [5.74, 6) is 0.0758. The minimum absolute atomic E-state index is 0.00597. The summed E-state index contributed by atoms with van der Waals surface area (Å²) in [5, 5.41) is 2.65. The molecule has 3 rings (SSSR count). The van der Waals surface area contributed by atoms with Gasteiger partial charge < -0.3 is 0 Å². The lowest BCUT2D eigenvalue weighted by Gasteiger charge is -2.09. The molecule has 0 fully saturated rings. The molecule has 0 amide bonds. The minimum atomic E-state index is -4.53. The van der Waals surface area contributed by atoms with Crippen molar-refractivity contribution in [3.8, 4) is 17.1 Å². The number of hydrogen-bond donors (Lipinski definition) is 1. The number of alkyl halides is 3. The molecule has 2 heterocycles. The number of hydrogen-bond acceptors (Lipinski definition) is 3. The highest BCUT2D eigenvalue weighted by Crippen LogP contribution is 2.34. The van der Waals surface area contributed by atoms with Crippen molar-refractivity contribution < 1.29 is 13.2 Å². The molecule has 0 radical (unpaired) electrons. The molecule has 0 spiro atoms. The Labute approximate surface area is 132 Å². The molecule has 23 heavy (non-hydrogen) atoms. The van der Waals surface area contributed by atoms with Crippen LogP contribution in [0.1, 0.15) is 5.56 Å². The summed E-state index contributed by atoms with van der Waals surface area (Å²) < 4.78 is 39.5. The lowest BCUT2D eigenvalue weighted by atomic mass is 10.1. The highest BCUT2D eigenvalue weighted by molar-refractivity contribution is 6.33. The molecule has 9 heteroatoms. The third-order valence-electron chi connectivity index (χ3n) is 3.11. The monoisotopic (exact) mass is 340 g/mol. The standard InChI is InChI=1S/C14H8ClF3N4O/c15-11-3-2-8(14(16,17)18)6-9(11)10-7-21-22(12(10)23)13-19-4-1-5-20-13/h1-7,21H. The summed E-state index contributed by atoms with van der Waals surface area (Å²) in [7, 11) is 0. The Kier molecular flexibility index (Phi) is 3.69. The largest absolute Gasteiger partial charge is 0.416 e. The quantitative estimate of drug-likeness (QED) is 0.778. The zero-order chi connectivity index (χ0) is 16.6. The highest BCUT2D eigenvalue weighted by Gasteiger charge is 2.31. The van der Waals surface area contributed by atoms with Crippen LogP contribution >= 0.6 is 11.6 Å². The molecule has 2 aromatic heterocycles. The van der Waals surface area contributed by atoms with E-state index in [1.54, 1.807) is 6.07 Å². The normalized spacial score (nSPS) is 11.7. The first-order valence-electron chi connectivity index (χ1n) is 6.33. The second-order valence-electron chi connectivity index (χ2n) is 4.57. The minimum Gasteiger partial charge on any atom is -0.295 e. The summed E-state index contributed by atoms with van der Waals surface area (Å²) in [4.78, 5) is 20.2. The van der Waals surface area contributed by atoms with Gasteiger partial charge in [0.15, 0.2) is 0 Å². The van der Waals surface area contributed by atoms with E-state index in [0.717, 1.165) is 22.9 Å². The molecule has 1 N–H and O–H groups in total. The first-order valence-corrected chi connectivity index (χ1v) is 6.70. The molecule has 118 valence electrons. The fraction of sp³-hybridized carbons (Fsp3) is 0.0714. The Bertz CT molecular complexity index is 902. The first-order chi connectivity index (χ1) is 10.9. The van der Waals surface area contributed by atoms with Gasteiger partial charge in [-0.3, -0.25) is 9.89 Å². The zero-order valence-corrected chi connectivity index (χ0v) is 12.1. The lowest BCUT2D eigenvalue weighted by Crippen LogP contribution is -2.18. The van der Waals surface area contributed by atoms with Gasteiger partial charge in [-0.25, -0.2) is 9.97 Å². The van der Waals surface area contributed by atoms with Crippen molar-refractivity contribution in [1.29, 1.82) is 0 Å². The fourth-order valence-electron chi connectivity index (χ4n) is 2.03. The van der Waals surface area contributed by atoms with E-state index >= 15 is 0 Å². The van der Waals surface area contributed by atoms with Crippen molar-refractivity contribution in [2.24, 2.45) is 0 Å². The summed E-state index contributed by atoms with van der Waals surface area (Å²) in [6.07, 6.45) is -0.393. The molecule has 0 unspecified atom stereocenters. The number of aromatic nitrogens is 4. The van der Waals surface area contributed by atoms with Gasteiger partial charge in [0.05, 0.1) is 11.1 Å². The molecular formula is C14H8ClF3N4O. The number of aromatic amines is 1. The smallest absolute Gasteiger partial charge is 0.295 e. The van der Waals surface area contributed by atoms with Gasteiger partial charge in [-0.2, -0.15) is 17.9 Å². The van der Waals surface area contributed by atoms with E-state index in [4.69, 9.17) is 11.6 Å². The Morgan fingerprint density at radius 2 is 1.83 bits per heavy atom. The Morgan fingerprint density at radius 3 is 2.48 bits per heavy atom. The summed E-state index contributed by atoms with van der Waals surface area (Å²) in [6, 6.07) is 4.37. The number of nitrogens with one attached hydrogen (secondary N) is 1. The Morgan fingerprint density at radius 1 is 1.13 bits per heavy atom. The van der Waals surface area contributed by atoms with E-state index in [1.807, 2.05) is 0 Å². The van der Waals surface area contributed by atoms with Crippen LogP contribution in [0, 0.1) is 0 Å². The van der Waals surface area contributed by atoms with Crippen LogP contribution in [-0.4, -0.2) is 19.7 Å². The third-order valence-corrected chi connectivity index (χ3v) is 3.44. The fourth-order valence-corrected chi connectivity index (χ4v) is 2.25. The van der Waals surface area contributed by atoms with Crippen molar-refractivity contribution >= 4 is 11.6 Å². The third kappa shape index (κ3) is 2.85. The topological polar surface area (TPSA) is 63.6 Å². The number of benzene rings is 1. The number of nitrogens with zero attached hydrogens (tertiary/aromatic N) is 3. The molecule has 3 aromatic rings. The summed E-state index contributed by atoms with van der Waals surface area (Å²) in [5.41, 5.74) is -1.51. The van der Waals surface area contributed by atoms with Gasteiger partial charge in [0.1, 0.15) is 0 Å². The van der Waals surface area contributed by atoms with Crippen LogP contribution < -0.4 is 5.56 Å². The van der Waals surface area contributed by atoms with Crippen LogP contribution in [-0.2, 0) is 6.18 Å². The zero-order valence-electron chi connectivity index (χ0n) is 11.3. The van der Waals surface area contributed by atoms with E-state index in [-0.39, 0.29) is 22.1 Å². The number of halogens is 4. The SMILES string of the molecule is O=c1c(-c2cc(C(F)(F)F)ccc2Cl)c[nH]n1-c1ncccn1. The van der Waals surface area contributed by atoms with Crippen LogP contribution in [0.25, 0.3) is 17.1 Å². The maximum absolute atomic E-state index is 12.8. The second-order valence-corrected chi connectivity index (χ2v) is 4.98. The molecule has 0 bridgehead atoms. The number of H-pyrrole nitrogens is 1. The number of rotatable bonds is 2. The van der Waals surface area contributed by atoms with Gasteiger partial charge in [-0.15, -0.1) is 0 Å². The maximum Gasteiger partial charge on any atom is 0.416 e. The average Bonchev–Trinajstić information content (AvgIpc) is 2.89. The molecule has 0 aliphatic heterocycles. The lowest BCUT2D eigenvalue weighted by molar-refractivity contribution is -0.137. The average molecular weight is 341 g/mol. The first kappa shape index (κ1) is 15.3. The Balaban J connectivity index is 2.14. The molecular weight excluding hydrogens is 333 g/mol. The Hall–Kier alpha value is -2.61. The van der Waals surface area contributed by atoms with Crippen LogP contribution in [0.15, 0.2) is 47.7 Å². The molecule has 0 atom stereocenters. The van der Waals surface area contributed by atoms with Crippen molar-refractivity contribution in [3.63, 3.8) is 0 Å². The summed E-state index contributed by atoms with van der Waals surface area (Å²) in [6.45, 7) is 0. The van der Waals surface area contributed by atoms with E-state index < -0.39 is 17.3 Å². The molecule has 0 aliphatic carbocycles. The van der Waals surface area contributed by atoms with Crippen molar-refractivity contribution in [1.82, 2.24) is 19.7 Å². The van der Waals surface area contributed by atoms with E-state index in [1.165, 1.54) is 18.6 Å². The molecule has 0 saturated heterocycles. The predicted octanol–water partition coefficient (Wildman–Crippen LogP) is 3.29. The van der Waals surface area contributed by atoms with Gasteiger partial charge >= 0.3 is 6.18 Å². The van der Waals surface area contributed by atoms with E-state index in [2.05, 4.69) is 15.1 Å². The second kappa shape index (κ2) is 5.54. The summed E-state index contributed by atoms with van der Waals surface area (Å²) >= 11 is 5.95. The molecule has 5 nitrogen and oxygen atoms in total. The van der Waals surface area contributed by atoms with Gasteiger partial charge in [-0.1, -0.05) is 11.6 Å². The van der Waals surface area contributed by atoms with Crippen molar-refractivity contribution in [3.05, 3.63) is 63.8 Å². The van der Waals surface area contributed by atoms with Gasteiger partial charge in [0.25, 0.3) is 11.5 Å². The van der Waals surface area contributed by atoms with Crippen LogP contribution in [0.2, 0.25) is 5.02 Å². The molecule has 0 saturated carbocycles.